The van der Waals surface area contributed by atoms with Gasteiger partial charge in [-0.2, -0.15) is 0 Å². The second-order valence-electron chi connectivity index (χ2n) is 5.59. The largest absolute Gasteiger partial charge is 0.420 e. The van der Waals surface area contributed by atoms with Crippen LogP contribution in [0.1, 0.15) is 26.2 Å². The molecular formula is C16H23N3O2. The summed E-state index contributed by atoms with van der Waals surface area (Å²) < 4.78 is 7.23. The number of fused-ring (bicyclic) bond motifs is 1. The van der Waals surface area contributed by atoms with E-state index < -0.39 is 0 Å². The summed E-state index contributed by atoms with van der Waals surface area (Å²) in [5, 5.41) is 3.36. The lowest BCUT2D eigenvalue weighted by molar-refractivity contribution is 0.491. The predicted molar refractivity (Wildman–Crippen MR) is 85.1 cm³/mol. The first-order valence-electron chi connectivity index (χ1n) is 7.89. The Hall–Kier alpha value is -1.75. The molecule has 0 unspecified atom stereocenters. The van der Waals surface area contributed by atoms with E-state index in [4.69, 9.17) is 4.42 Å². The Bertz CT molecular complexity index is 653. The molecule has 1 N–H and O–H groups in total. The van der Waals surface area contributed by atoms with Gasteiger partial charge >= 0.3 is 5.76 Å². The lowest BCUT2D eigenvalue weighted by Gasteiger charge is -2.30. The molecule has 3 rings (SSSR count). The lowest BCUT2D eigenvalue weighted by atomic mass is 10.2. The number of aromatic nitrogens is 1. The van der Waals surface area contributed by atoms with Gasteiger partial charge < -0.3 is 14.6 Å². The van der Waals surface area contributed by atoms with Crippen LogP contribution in [0.15, 0.2) is 27.4 Å². The number of hydrogen-bond acceptors (Lipinski definition) is 4. The molecule has 1 aromatic carbocycles. The van der Waals surface area contributed by atoms with Gasteiger partial charge in [0.2, 0.25) is 0 Å². The smallest absolute Gasteiger partial charge is 0.408 e. The molecule has 2 aromatic rings. The molecule has 0 atom stereocenters. The maximum atomic E-state index is 12.1. The minimum Gasteiger partial charge on any atom is -0.408 e. The molecule has 21 heavy (non-hydrogen) atoms. The highest BCUT2D eigenvalue weighted by atomic mass is 16.4. The highest BCUT2D eigenvalue weighted by Crippen LogP contribution is 2.27. The fraction of sp³-hybridized carbons (Fsp3) is 0.562. The molecular weight excluding hydrogens is 266 g/mol. The molecule has 0 aliphatic carbocycles. The van der Waals surface area contributed by atoms with E-state index in [1.165, 1.54) is 0 Å². The summed E-state index contributed by atoms with van der Waals surface area (Å²) in [7, 11) is 0. The van der Waals surface area contributed by atoms with Gasteiger partial charge in [0.25, 0.3) is 0 Å². The second kappa shape index (κ2) is 6.35. The van der Waals surface area contributed by atoms with E-state index in [1.54, 1.807) is 0 Å². The molecule has 0 spiro atoms. The molecule has 1 aromatic heterocycles. The van der Waals surface area contributed by atoms with E-state index in [1.807, 2.05) is 16.7 Å². The SMILES string of the molecule is CCCCCn1c(=O)oc2cccc(N3CCNCC3)c21. The molecule has 2 heterocycles. The molecule has 1 aliphatic rings. The van der Waals surface area contributed by atoms with E-state index in [9.17, 15) is 4.79 Å². The fourth-order valence-electron chi connectivity index (χ4n) is 2.99. The zero-order valence-electron chi connectivity index (χ0n) is 12.6. The van der Waals surface area contributed by atoms with Crippen LogP contribution in [0.4, 0.5) is 5.69 Å². The number of benzene rings is 1. The molecule has 1 saturated heterocycles. The van der Waals surface area contributed by atoms with Gasteiger partial charge in [-0.1, -0.05) is 25.8 Å². The first-order valence-corrected chi connectivity index (χ1v) is 7.89. The van der Waals surface area contributed by atoms with Crippen molar-refractivity contribution in [1.29, 1.82) is 0 Å². The average Bonchev–Trinajstić information content (AvgIpc) is 2.84. The minimum atomic E-state index is -0.233. The molecule has 5 heteroatoms. The highest BCUT2D eigenvalue weighted by Gasteiger charge is 2.18. The second-order valence-corrected chi connectivity index (χ2v) is 5.59. The summed E-state index contributed by atoms with van der Waals surface area (Å²) in [6, 6.07) is 5.96. The summed E-state index contributed by atoms with van der Waals surface area (Å²) in [6.45, 7) is 6.80. The predicted octanol–water partition coefficient (Wildman–Crippen LogP) is 2.19. The summed E-state index contributed by atoms with van der Waals surface area (Å²) in [6.07, 6.45) is 3.30. The van der Waals surface area contributed by atoms with Gasteiger partial charge in [0.1, 0.15) is 5.52 Å². The van der Waals surface area contributed by atoms with Crippen molar-refractivity contribution in [2.45, 2.75) is 32.7 Å². The van der Waals surface area contributed by atoms with E-state index in [0.29, 0.717) is 5.58 Å². The van der Waals surface area contributed by atoms with Crippen LogP contribution >= 0.6 is 0 Å². The van der Waals surface area contributed by atoms with Crippen molar-refractivity contribution >= 4 is 16.8 Å². The molecule has 0 amide bonds. The maximum Gasteiger partial charge on any atom is 0.420 e. The zero-order chi connectivity index (χ0) is 14.7. The monoisotopic (exact) mass is 289 g/mol. The Morgan fingerprint density at radius 3 is 2.81 bits per heavy atom. The number of unbranched alkanes of at least 4 members (excludes halogenated alkanes) is 2. The molecule has 114 valence electrons. The van der Waals surface area contributed by atoms with Crippen LogP contribution in [0.2, 0.25) is 0 Å². The molecule has 5 nitrogen and oxygen atoms in total. The maximum absolute atomic E-state index is 12.1. The van der Waals surface area contributed by atoms with Crippen LogP contribution in [0.3, 0.4) is 0 Å². The van der Waals surface area contributed by atoms with Gasteiger partial charge in [0.15, 0.2) is 5.58 Å². The number of aryl methyl sites for hydroxylation is 1. The quantitative estimate of drug-likeness (QED) is 0.857. The third kappa shape index (κ3) is 2.83. The van der Waals surface area contributed by atoms with Gasteiger partial charge in [0, 0.05) is 32.7 Å². The molecule has 0 radical (unpaired) electrons. The Morgan fingerprint density at radius 1 is 1.24 bits per heavy atom. The summed E-state index contributed by atoms with van der Waals surface area (Å²) in [4.78, 5) is 14.5. The van der Waals surface area contributed by atoms with Crippen molar-refractivity contribution in [3.63, 3.8) is 0 Å². The van der Waals surface area contributed by atoms with Crippen molar-refractivity contribution in [1.82, 2.24) is 9.88 Å². The van der Waals surface area contributed by atoms with E-state index in [-0.39, 0.29) is 5.76 Å². The van der Waals surface area contributed by atoms with E-state index >= 15 is 0 Å². The third-order valence-corrected chi connectivity index (χ3v) is 4.11. The Labute approximate surface area is 124 Å². The number of para-hydroxylation sites is 1. The van der Waals surface area contributed by atoms with Crippen LogP contribution < -0.4 is 16.0 Å². The van der Waals surface area contributed by atoms with Crippen LogP contribution in [-0.2, 0) is 6.54 Å². The summed E-state index contributed by atoms with van der Waals surface area (Å²) in [5.74, 6) is -0.233. The van der Waals surface area contributed by atoms with Gasteiger partial charge in [-0.25, -0.2) is 4.79 Å². The third-order valence-electron chi connectivity index (χ3n) is 4.11. The van der Waals surface area contributed by atoms with Crippen molar-refractivity contribution in [3.8, 4) is 0 Å². The molecule has 1 fully saturated rings. The fourth-order valence-corrected chi connectivity index (χ4v) is 2.99. The van der Waals surface area contributed by atoms with Crippen LogP contribution in [0, 0.1) is 0 Å². The number of rotatable bonds is 5. The Balaban J connectivity index is 2.01. The van der Waals surface area contributed by atoms with E-state index in [2.05, 4.69) is 23.2 Å². The summed E-state index contributed by atoms with van der Waals surface area (Å²) in [5.41, 5.74) is 2.78. The van der Waals surface area contributed by atoms with Gasteiger partial charge in [-0.3, -0.25) is 4.57 Å². The first kappa shape index (κ1) is 14.2. The van der Waals surface area contributed by atoms with Crippen molar-refractivity contribution < 1.29 is 4.42 Å². The molecule has 0 bridgehead atoms. The number of hydrogen-bond donors (Lipinski definition) is 1. The van der Waals surface area contributed by atoms with E-state index in [0.717, 1.165) is 63.2 Å². The van der Waals surface area contributed by atoms with Crippen LogP contribution in [-0.4, -0.2) is 30.7 Å². The van der Waals surface area contributed by atoms with Crippen LogP contribution in [0.25, 0.3) is 11.1 Å². The molecule has 0 saturated carbocycles. The average molecular weight is 289 g/mol. The summed E-state index contributed by atoms with van der Waals surface area (Å²) >= 11 is 0. The Morgan fingerprint density at radius 2 is 2.05 bits per heavy atom. The number of nitrogens with one attached hydrogen (secondary N) is 1. The van der Waals surface area contributed by atoms with Gasteiger partial charge in [-0.15, -0.1) is 0 Å². The normalized spacial score (nSPS) is 15.8. The Kier molecular flexibility index (Phi) is 4.29. The standard InChI is InChI=1S/C16H23N3O2/c1-2-3-4-10-19-15-13(18-11-8-17-9-12-18)6-5-7-14(15)21-16(19)20/h5-7,17H,2-4,8-12H2,1H3. The lowest BCUT2D eigenvalue weighted by Crippen LogP contribution is -2.43. The number of piperazine rings is 1. The van der Waals surface area contributed by atoms with Gasteiger partial charge in [-0.05, 0) is 18.6 Å². The number of anilines is 1. The number of nitrogens with zero attached hydrogens (tertiary/aromatic N) is 2. The van der Waals surface area contributed by atoms with Crippen molar-refractivity contribution in [2.24, 2.45) is 0 Å². The number of oxazole rings is 1. The zero-order valence-corrected chi connectivity index (χ0v) is 12.6. The minimum absolute atomic E-state index is 0.233. The van der Waals surface area contributed by atoms with Crippen molar-refractivity contribution in [2.75, 3.05) is 31.1 Å². The topological polar surface area (TPSA) is 50.4 Å². The first-order chi connectivity index (χ1) is 10.3. The highest BCUT2D eigenvalue weighted by molar-refractivity contribution is 5.87. The molecule has 1 aliphatic heterocycles. The van der Waals surface area contributed by atoms with Crippen molar-refractivity contribution in [3.05, 3.63) is 28.7 Å². The van der Waals surface area contributed by atoms with Gasteiger partial charge in [0.05, 0.1) is 5.69 Å². The van der Waals surface area contributed by atoms with Crippen LogP contribution in [0.5, 0.6) is 0 Å².